The van der Waals surface area contributed by atoms with E-state index in [1.165, 1.54) is 60.8 Å². The molecule has 0 amide bonds. The minimum Gasteiger partial charge on any atom is -0.455 e. The van der Waals surface area contributed by atoms with E-state index in [-0.39, 0.29) is 5.92 Å². The van der Waals surface area contributed by atoms with E-state index in [2.05, 4.69) is 200 Å². The maximum Gasteiger partial charge on any atom is 0.143 e. The van der Waals surface area contributed by atoms with Gasteiger partial charge in [0.15, 0.2) is 0 Å². The van der Waals surface area contributed by atoms with Gasteiger partial charge in [0.2, 0.25) is 0 Å². The quantitative estimate of drug-likeness (QED) is 0.152. The van der Waals surface area contributed by atoms with Crippen LogP contribution in [-0.2, 0) is 0 Å². The standard InChI is InChI=1S/C53H36O/c1-2-13-36(14-3-1)40-17-8-18-41(33-40)37-29-31-39(32-30-37)52(49-26-11-16-38-15-4-5-23-46(38)49)45-22-10-20-43(35-45)42-19-9-21-44(34-42)47-25-12-27-50-48-24-6-7-28-51(48)54-53(47)50/h1-35,52H. The molecular formula is C53H36O. The molecule has 0 aliphatic carbocycles. The normalized spacial score (nSPS) is 12.0. The largest absolute Gasteiger partial charge is 0.455 e. The Hall–Kier alpha value is -6.96. The van der Waals surface area contributed by atoms with E-state index < -0.39 is 0 Å². The van der Waals surface area contributed by atoms with Gasteiger partial charge >= 0.3 is 0 Å². The van der Waals surface area contributed by atoms with E-state index >= 15 is 0 Å². The van der Waals surface area contributed by atoms with Crippen LogP contribution in [0.5, 0.6) is 0 Å². The summed E-state index contributed by atoms with van der Waals surface area (Å²) in [7, 11) is 0. The maximum absolute atomic E-state index is 6.43. The Morgan fingerprint density at radius 2 is 0.852 bits per heavy atom. The highest BCUT2D eigenvalue weighted by molar-refractivity contribution is 6.09. The van der Waals surface area contributed by atoms with E-state index in [0.717, 1.165) is 33.1 Å². The predicted molar refractivity (Wildman–Crippen MR) is 227 cm³/mol. The van der Waals surface area contributed by atoms with Crippen molar-refractivity contribution in [1.82, 2.24) is 0 Å². The second-order valence-electron chi connectivity index (χ2n) is 14.1. The van der Waals surface area contributed by atoms with Gasteiger partial charge < -0.3 is 4.42 Å². The van der Waals surface area contributed by atoms with Crippen LogP contribution in [0.2, 0.25) is 0 Å². The van der Waals surface area contributed by atoms with Crippen LogP contribution in [0.15, 0.2) is 217 Å². The molecular weight excluding hydrogens is 653 g/mol. The van der Waals surface area contributed by atoms with Crippen LogP contribution >= 0.6 is 0 Å². The van der Waals surface area contributed by atoms with Crippen molar-refractivity contribution in [2.24, 2.45) is 0 Å². The summed E-state index contributed by atoms with van der Waals surface area (Å²) in [5.74, 6) is 0.0354. The Balaban J connectivity index is 1.06. The van der Waals surface area contributed by atoms with Gasteiger partial charge in [0.05, 0.1) is 0 Å². The minimum atomic E-state index is 0.0354. The Bertz CT molecular complexity index is 2930. The number of rotatable bonds is 7. The first kappa shape index (κ1) is 31.7. The first-order chi connectivity index (χ1) is 26.8. The molecule has 1 aromatic heterocycles. The van der Waals surface area contributed by atoms with Crippen molar-refractivity contribution >= 4 is 32.7 Å². The number of hydrogen-bond acceptors (Lipinski definition) is 1. The highest BCUT2D eigenvalue weighted by atomic mass is 16.3. The SMILES string of the molecule is c1ccc(-c2cccc(-c3ccc(C(c4cccc(-c5cccc(-c6cccc7c6oc6ccccc67)c5)c4)c4cccc5ccccc45)cc3)c2)cc1. The van der Waals surface area contributed by atoms with Crippen molar-refractivity contribution in [2.45, 2.75) is 5.92 Å². The molecule has 1 atom stereocenters. The third kappa shape index (κ3) is 5.77. The van der Waals surface area contributed by atoms with Crippen molar-refractivity contribution in [1.29, 1.82) is 0 Å². The number of hydrogen-bond donors (Lipinski definition) is 0. The van der Waals surface area contributed by atoms with Crippen molar-refractivity contribution in [2.75, 3.05) is 0 Å². The molecule has 0 spiro atoms. The summed E-state index contributed by atoms with van der Waals surface area (Å²) in [6.07, 6.45) is 0. The van der Waals surface area contributed by atoms with Crippen LogP contribution in [0, 0.1) is 0 Å². The molecule has 1 nitrogen and oxygen atoms in total. The van der Waals surface area contributed by atoms with Gasteiger partial charge in [-0.05, 0) is 84.6 Å². The lowest BCUT2D eigenvalue weighted by molar-refractivity contribution is 0.670. The number of benzene rings is 9. The Morgan fingerprint density at radius 1 is 0.315 bits per heavy atom. The molecule has 10 rings (SSSR count). The van der Waals surface area contributed by atoms with Gasteiger partial charge in [-0.1, -0.05) is 194 Å². The number of fused-ring (bicyclic) bond motifs is 4. The third-order valence-electron chi connectivity index (χ3n) is 10.8. The first-order valence-corrected chi connectivity index (χ1v) is 18.6. The van der Waals surface area contributed by atoms with Gasteiger partial charge in [0.25, 0.3) is 0 Å². The van der Waals surface area contributed by atoms with Crippen molar-refractivity contribution in [3.05, 3.63) is 229 Å². The van der Waals surface area contributed by atoms with Crippen LogP contribution in [0.4, 0.5) is 0 Å². The lowest BCUT2D eigenvalue weighted by atomic mass is 9.81. The van der Waals surface area contributed by atoms with Gasteiger partial charge in [-0.15, -0.1) is 0 Å². The smallest absolute Gasteiger partial charge is 0.143 e. The predicted octanol–water partition coefficient (Wildman–Crippen LogP) is 14.6. The zero-order chi connectivity index (χ0) is 35.8. The number of para-hydroxylation sites is 2. The average molecular weight is 689 g/mol. The van der Waals surface area contributed by atoms with Crippen LogP contribution in [0.25, 0.3) is 77.2 Å². The van der Waals surface area contributed by atoms with Crippen molar-refractivity contribution < 1.29 is 4.42 Å². The highest BCUT2D eigenvalue weighted by Gasteiger charge is 2.20. The van der Waals surface area contributed by atoms with Gasteiger partial charge in [-0.2, -0.15) is 0 Å². The van der Waals surface area contributed by atoms with Crippen molar-refractivity contribution in [3.8, 4) is 44.5 Å². The fourth-order valence-electron chi connectivity index (χ4n) is 8.17. The molecule has 9 aromatic carbocycles. The summed E-state index contributed by atoms with van der Waals surface area (Å²) in [6, 6.07) is 76.8. The molecule has 0 radical (unpaired) electrons. The summed E-state index contributed by atoms with van der Waals surface area (Å²) < 4.78 is 6.43. The van der Waals surface area contributed by atoms with E-state index in [1.807, 2.05) is 12.1 Å². The number of furan rings is 1. The second kappa shape index (κ2) is 13.5. The topological polar surface area (TPSA) is 13.1 Å². The zero-order valence-electron chi connectivity index (χ0n) is 29.7. The van der Waals surface area contributed by atoms with Crippen LogP contribution < -0.4 is 0 Å². The van der Waals surface area contributed by atoms with E-state index in [9.17, 15) is 0 Å². The van der Waals surface area contributed by atoms with Crippen molar-refractivity contribution in [3.63, 3.8) is 0 Å². The monoisotopic (exact) mass is 688 g/mol. The average Bonchev–Trinajstić information content (AvgIpc) is 3.64. The molecule has 0 saturated carbocycles. The molecule has 0 N–H and O–H groups in total. The summed E-state index contributed by atoms with van der Waals surface area (Å²) in [4.78, 5) is 0. The fourth-order valence-corrected chi connectivity index (χ4v) is 8.17. The fraction of sp³-hybridized carbons (Fsp3) is 0.0189. The first-order valence-electron chi connectivity index (χ1n) is 18.6. The van der Waals surface area contributed by atoms with Gasteiger partial charge in [-0.25, -0.2) is 0 Å². The second-order valence-corrected chi connectivity index (χ2v) is 14.1. The molecule has 1 heterocycles. The molecule has 10 aromatic rings. The molecule has 0 aliphatic rings. The van der Waals surface area contributed by atoms with Crippen LogP contribution in [0.1, 0.15) is 22.6 Å². The van der Waals surface area contributed by atoms with E-state index in [1.54, 1.807) is 0 Å². The Morgan fingerprint density at radius 3 is 1.67 bits per heavy atom. The minimum absolute atomic E-state index is 0.0354. The van der Waals surface area contributed by atoms with E-state index in [0.29, 0.717) is 0 Å². The molecule has 254 valence electrons. The lowest BCUT2D eigenvalue weighted by Gasteiger charge is -2.22. The summed E-state index contributed by atoms with van der Waals surface area (Å²) in [5.41, 5.74) is 15.1. The maximum atomic E-state index is 6.43. The molecule has 54 heavy (non-hydrogen) atoms. The molecule has 1 unspecified atom stereocenters. The molecule has 0 bridgehead atoms. The van der Waals surface area contributed by atoms with E-state index in [4.69, 9.17) is 4.42 Å². The van der Waals surface area contributed by atoms with Crippen LogP contribution in [0.3, 0.4) is 0 Å². The zero-order valence-corrected chi connectivity index (χ0v) is 29.7. The Kier molecular flexibility index (Phi) is 7.96. The third-order valence-corrected chi connectivity index (χ3v) is 10.8. The van der Waals surface area contributed by atoms with Gasteiger partial charge in [0, 0.05) is 22.3 Å². The highest BCUT2D eigenvalue weighted by Crippen LogP contribution is 2.40. The molecule has 0 aliphatic heterocycles. The summed E-state index contributed by atoms with van der Waals surface area (Å²) in [5, 5.41) is 4.81. The molecule has 0 fully saturated rings. The van der Waals surface area contributed by atoms with Gasteiger partial charge in [-0.3, -0.25) is 0 Å². The summed E-state index contributed by atoms with van der Waals surface area (Å²) >= 11 is 0. The van der Waals surface area contributed by atoms with Crippen LogP contribution in [-0.4, -0.2) is 0 Å². The Labute approximate surface area is 315 Å². The molecule has 0 saturated heterocycles. The summed E-state index contributed by atoms with van der Waals surface area (Å²) in [6.45, 7) is 0. The van der Waals surface area contributed by atoms with Gasteiger partial charge in [0.1, 0.15) is 11.2 Å². The lowest BCUT2D eigenvalue weighted by Crippen LogP contribution is -2.04. The molecule has 1 heteroatoms.